The van der Waals surface area contributed by atoms with Crippen LogP contribution >= 0.6 is 0 Å². The van der Waals surface area contributed by atoms with Crippen molar-refractivity contribution in [3.8, 4) is 0 Å². The minimum absolute atomic E-state index is 0. The molecular weight excluding hydrogens is 221 g/mol. The molecule has 0 aromatic rings. The van der Waals surface area contributed by atoms with Crippen LogP contribution in [0.5, 0.6) is 0 Å². The number of alkyl halides is 3. The maximum atomic E-state index is 10.3. The van der Waals surface area contributed by atoms with Gasteiger partial charge >= 0.3 is 34.3 Å². The van der Waals surface area contributed by atoms with Crippen LogP contribution in [0.3, 0.4) is 0 Å². The Hall–Kier alpha value is 0.852. The number of hydrogen-bond donors (Lipinski definition) is 0. The predicted octanol–water partition coefficient (Wildman–Crippen LogP) is 0.294. The standard InChI is InChI=1S/CF3Se.Ge/c2-1(3,4)5;. The van der Waals surface area contributed by atoms with E-state index in [-0.39, 0.29) is 17.6 Å². The zero-order chi connectivity index (χ0) is 4.50. The summed E-state index contributed by atoms with van der Waals surface area (Å²) in [6, 6.07) is 0. The van der Waals surface area contributed by atoms with Crippen LogP contribution < -0.4 is 0 Å². The molecule has 0 bridgehead atoms. The molecule has 0 amide bonds. The molecule has 0 aromatic carbocycles. The van der Waals surface area contributed by atoms with Crippen LogP contribution in [0.15, 0.2) is 0 Å². The molecule has 0 rings (SSSR count). The molecule has 6 heavy (non-hydrogen) atoms. The van der Waals surface area contributed by atoms with E-state index in [0.717, 1.165) is 16.0 Å². The van der Waals surface area contributed by atoms with E-state index in [0.29, 0.717) is 0 Å². The Morgan fingerprint density at radius 1 is 1.17 bits per heavy atom. The molecule has 0 aromatic heterocycles. The summed E-state index contributed by atoms with van der Waals surface area (Å²) >= 11 is 0.979. The monoisotopic (exact) mass is 223 g/mol. The summed E-state index contributed by atoms with van der Waals surface area (Å²) < 4.78 is 30.9. The second kappa shape index (κ2) is 2.93. The number of rotatable bonds is 0. The molecule has 0 aliphatic heterocycles. The normalized spacial score (nSPS) is 10.0. The predicted molar refractivity (Wildman–Crippen MR) is 17.6 cm³/mol. The van der Waals surface area contributed by atoms with E-state index in [4.69, 9.17) is 0 Å². The first-order chi connectivity index (χ1) is 2.00. The van der Waals surface area contributed by atoms with Crippen LogP contribution in [0, 0.1) is 0 Å². The first-order valence-corrected chi connectivity index (χ1v) is 1.63. The molecule has 0 saturated carbocycles. The summed E-state index contributed by atoms with van der Waals surface area (Å²) in [5.74, 6) is 0. The average Bonchev–Trinajstić information content (AvgIpc) is 0.722. The van der Waals surface area contributed by atoms with Gasteiger partial charge in [0.2, 0.25) is 0 Å². The van der Waals surface area contributed by atoms with Crippen LogP contribution in [-0.2, 0) is 0 Å². The van der Waals surface area contributed by atoms with Gasteiger partial charge in [-0.1, -0.05) is 0 Å². The minimum atomic E-state index is -4.12. The van der Waals surface area contributed by atoms with Gasteiger partial charge in [0.1, 0.15) is 0 Å². The second-order valence-corrected chi connectivity index (χ2v) is 1.42. The van der Waals surface area contributed by atoms with Crippen molar-refractivity contribution >= 4 is 33.6 Å². The maximum absolute atomic E-state index is 10.3. The zero-order valence-electron chi connectivity index (χ0n) is 2.54. The van der Waals surface area contributed by atoms with Crippen LogP contribution in [0.4, 0.5) is 13.2 Å². The first kappa shape index (κ1) is 9.97. The second-order valence-electron chi connectivity index (χ2n) is 0.446. The summed E-state index contributed by atoms with van der Waals surface area (Å²) in [7, 11) is 0. The van der Waals surface area contributed by atoms with Gasteiger partial charge in [-0.15, -0.1) is 0 Å². The molecule has 0 unspecified atom stereocenters. The fraction of sp³-hybridized carbons (Fsp3) is 1.00. The summed E-state index contributed by atoms with van der Waals surface area (Å²) in [4.78, 5) is 0. The topological polar surface area (TPSA) is 0 Å². The van der Waals surface area contributed by atoms with Gasteiger partial charge in [0, 0.05) is 17.6 Å². The Labute approximate surface area is 52.3 Å². The smallest absolute Gasteiger partial charge is 0 e. The Balaban J connectivity index is 0. The van der Waals surface area contributed by atoms with Gasteiger partial charge in [-0.3, -0.25) is 0 Å². The van der Waals surface area contributed by atoms with E-state index in [1.807, 2.05) is 0 Å². The van der Waals surface area contributed by atoms with Crippen molar-refractivity contribution in [2.45, 2.75) is 5.07 Å². The third kappa shape index (κ3) is 99.1. The van der Waals surface area contributed by atoms with Gasteiger partial charge in [-0.05, 0) is 0 Å². The van der Waals surface area contributed by atoms with Gasteiger partial charge in [0.15, 0.2) is 0 Å². The van der Waals surface area contributed by atoms with Crippen LogP contribution in [0.25, 0.3) is 0 Å². The van der Waals surface area contributed by atoms with E-state index in [2.05, 4.69) is 0 Å². The molecule has 0 spiro atoms. The first-order valence-electron chi connectivity index (χ1n) is 0.771. The molecule has 0 nitrogen and oxygen atoms in total. The molecule has 35 valence electrons. The Bertz CT molecular complexity index is 26.3. The van der Waals surface area contributed by atoms with Crippen molar-refractivity contribution < 1.29 is 13.2 Å². The molecule has 0 fully saturated rings. The molecule has 0 heterocycles. The van der Waals surface area contributed by atoms with Crippen molar-refractivity contribution in [2.24, 2.45) is 0 Å². The van der Waals surface area contributed by atoms with Crippen molar-refractivity contribution in [2.75, 3.05) is 0 Å². The van der Waals surface area contributed by atoms with Crippen molar-refractivity contribution in [1.29, 1.82) is 0 Å². The molecular formula is CF3GeSe. The van der Waals surface area contributed by atoms with Gasteiger partial charge < -0.3 is 0 Å². The van der Waals surface area contributed by atoms with E-state index in [1.165, 1.54) is 0 Å². The van der Waals surface area contributed by atoms with E-state index in [1.54, 1.807) is 0 Å². The van der Waals surface area contributed by atoms with Crippen molar-refractivity contribution in [3.63, 3.8) is 0 Å². The molecule has 0 aliphatic carbocycles. The molecule has 0 atom stereocenters. The largest absolute Gasteiger partial charge is 0 e. The quantitative estimate of drug-likeness (QED) is 0.515. The SMILES string of the molecule is FC(F)(F)[Se].[Ge]. The van der Waals surface area contributed by atoms with Crippen LogP contribution in [-0.4, -0.2) is 38.7 Å². The minimum Gasteiger partial charge on any atom is 0 e. The maximum Gasteiger partial charge on any atom is 0 e. The Morgan fingerprint density at radius 2 is 1.17 bits per heavy atom. The molecule has 5 heteroatoms. The van der Waals surface area contributed by atoms with Crippen molar-refractivity contribution in [3.05, 3.63) is 0 Å². The van der Waals surface area contributed by atoms with Crippen LogP contribution in [0.1, 0.15) is 0 Å². The summed E-state index contributed by atoms with van der Waals surface area (Å²) in [5, 5.41) is -4.12. The summed E-state index contributed by atoms with van der Waals surface area (Å²) in [5.41, 5.74) is 0. The van der Waals surface area contributed by atoms with Gasteiger partial charge in [-0.2, -0.15) is 0 Å². The number of halogens is 3. The zero-order valence-corrected chi connectivity index (χ0v) is 6.35. The van der Waals surface area contributed by atoms with Gasteiger partial charge in [0.25, 0.3) is 0 Å². The third-order valence-corrected chi connectivity index (χ3v) is 0. The fourth-order valence-corrected chi connectivity index (χ4v) is 0. The van der Waals surface area contributed by atoms with E-state index < -0.39 is 5.07 Å². The van der Waals surface area contributed by atoms with Crippen LogP contribution in [0.2, 0.25) is 0 Å². The fourth-order valence-electron chi connectivity index (χ4n) is 0. The van der Waals surface area contributed by atoms with Crippen molar-refractivity contribution in [1.82, 2.24) is 0 Å². The molecule has 0 saturated heterocycles. The van der Waals surface area contributed by atoms with Gasteiger partial charge in [-0.25, -0.2) is 0 Å². The molecule has 0 aliphatic rings. The Kier molecular flexibility index (Phi) is 4.88. The number of hydrogen-bond acceptors (Lipinski definition) is 0. The van der Waals surface area contributed by atoms with E-state index >= 15 is 0 Å². The Morgan fingerprint density at radius 3 is 1.17 bits per heavy atom. The molecule has 5 radical (unpaired) electrons. The summed E-state index contributed by atoms with van der Waals surface area (Å²) in [6.07, 6.45) is 0. The molecule has 0 N–H and O–H groups in total. The third-order valence-electron chi connectivity index (χ3n) is 0. The summed E-state index contributed by atoms with van der Waals surface area (Å²) in [6.45, 7) is 0. The van der Waals surface area contributed by atoms with E-state index in [9.17, 15) is 13.2 Å². The average molecular weight is 221 g/mol. The van der Waals surface area contributed by atoms with Gasteiger partial charge in [0.05, 0.1) is 0 Å².